The first-order valence-corrected chi connectivity index (χ1v) is 7.21. The lowest BCUT2D eigenvalue weighted by molar-refractivity contribution is -0.138. The van der Waals surface area contributed by atoms with Gasteiger partial charge < -0.3 is 15.7 Å². The van der Waals surface area contributed by atoms with E-state index in [0.29, 0.717) is 13.0 Å². The SMILES string of the molecule is CC(C)(CCC(=O)O)NC(=O)C1CNCc2ccccc21. The van der Waals surface area contributed by atoms with Crippen LogP contribution in [0.25, 0.3) is 0 Å². The minimum absolute atomic E-state index is 0.0484. The van der Waals surface area contributed by atoms with Crippen LogP contribution in [0.2, 0.25) is 0 Å². The summed E-state index contributed by atoms with van der Waals surface area (Å²) in [6, 6.07) is 7.93. The second-order valence-electron chi connectivity index (χ2n) is 6.15. The maximum Gasteiger partial charge on any atom is 0.303 e. The summed E-state index contributed by atoms with van der Waals surface area (Å²) in [5.41, 5.74) is 1.68. The molecular formula is C16H22N2O3. The minimum atomic E-state index is -0.845. The van der Waals surface area contributed by atoms with Crippen molar-refractivity contribution in [3.05, 3.63) is 35.4 Å². The Kier molecular flexibility index (Phi) is 4.63. The van der Waals surface area contributed by atoms with E-state index in [0.717, 1.165) is 17.7 Å². The van der Waals surface area contributed by atoms with Crippen LogP contribution in [0.1, 0.15) is 43.7 Å². The highest BCUT2D eigenvalue weighted by molar-refractivity contribution is 5.85. The molecule has 1 unspecified atom stereocenters. The lowest BCUT2D eigenvalue weighted by Crippen LogP contribution is -2.48. The van der Waals surface area contributed by atoms with Gasteiger partial charge in [0, 0.05) is 25.0 Å². The Hall–Kier alpha value is -1.88. The van der Waals surface area contributed by atoms with E-state index in [1.807, 2.05) is 38.1 Å². The minimum Gasteiger partial charge on any atom is -0.481 e. The summed E-state index contributed by atoms with van der Waals surface area (Å²) in [5, 5.41) is 15.0. The number of carbonyl (C=O) groups excluding carboxylic acids is 1. The van der Waals surface area contributed by atoms with Gasteiger partial charge in [-0.05, 0) is 31.4 Å². The number of amides is 1. The van der Waals surface area contributed by atoms with Crippen LogP contribution in [-0.2, 0) is 16.1 Å². The number of nitrogens with one attached hydrogen (secondary N) is 2. The Labute approximate surface area is 124 Å². The van der Waals surface area contributed by atoms with Crippen LogP contribution >= 0.6 is 0 Å². The summed E-state index contributed by atoms with van der Waals surface area (Å²) in [4.78, 5) is 23.2. The number of hydrogen-bond acceptors (Lipinski definition) is 3. The molecule has 0 aliphatic carbocycles. The fourth-order valence-electron chi connectivity index (χ4n) is 2.63. The molecule has 0 aromatic heterocycles. The van der Waals surface area contributed by atoms with Crippen LogP contribution < -0.4 is 10.6 Å². The largest absolute Gasteiger partial charge is 0.481 e. The molecule has 5 heteroatoms. The van der Waals surface area contributed by atoms with E-state index < -0.39 is 11.5 Å². The number of hydrogen-bond donors (Lipinski definition) is 3. The first-order chi connectivity index (χ1) is 9.89. The van der Waals surface area contributed by atoms with Gasteiger partial charge in [0.15, 0.2) is 0 Å². The molecule has 114 valence electrons. The molecule has 5 nitrogen and oxygen atoms in total. The zero-order valence-corrected chi connectivity index (χ0v) is 12.5. The molecule has 1 amide bonds. The predicted molar refractivity (Wildman–Crippen MR) is 80.0 cm³/mol. The van der Waals surface area contributed by atoms with Gasteiger partial charge in [0.2, 0.25) is 5.91 Å². The molecule has 0 saturated heterocycles. The summed E-state index contributed by atoms with van der Waals surface area (Å²) in [6.45, 7) is 5.10. The van der Waals surface area contributed by atoms with Crippen molar-refractivity contribution in [1.29, 1.82) is 0 Å². The third-order valence-corrected chi connectivity index (χ3v) is 3.84. The predicted octanol–water partition coefficient (Wildman–Crippen LogP) is 1.63. The molecule has 1 aromatic carbocycles. The van der Waals surface area contributed by atoms with Crippen molar-refractivity contribution in [1.82, 2.24) is 10.6 Å². The smallest absolute Gasteiger partial charge is 0.303 e. The topological polar surface area (TPSA) is 78.4 Å². The van der Waals surface area contributed by atoms with Gasteiger partial charge in [0.25, 0.3) is 0 Å². The number of carboxylic acid groups (broad SMARTS) is 1. The summed E-state index contributed by atoms with van der Waals surface area (Å²) in [6.07, 6.45) is 0.461. The lowest BCUT2D eigenvalue weighted by Gasteiger charge is -2.31. The summed E-state index contributed by atoms with van der Waals surface area (Å²) < 4.78 is 0. The second kappa shape index (κ2) is 6.26. The number of carboxylic acids is 1. The van der Waals surface area contributed by atoms with E-state index in [4.69, 9.17) is 5.11 Å². The van der Waals surface area contributed by atoms with Crippen molar-refractivity contribution in [2.45, 2.75) is 44.7 Å². The molecule has 0 radical (unpaired) electrons. The maximum atomic E-state index is 12.5. The molecule has 21 heavy (non-hydrogen) atoms. The Balaban J connectivity index is 2.06. The van der Waals surface area contributed by atoms with E-state index in [1.54, 1.807) is 0 Å². The Morgan fingerprint density at radius 3 is 2.81 bits per heavy atom. The molecular weight excluding hydrogens is 268 g/mol. The van der Waals surface area contributed by atoms with Crippen molar-refractivity contribution >= 4 is 11.9 Å². The molecule has 1 heterocycles. The zero-order valence-electron chi connectivity index (χ0n) is 12.5. The fraction of sp³-hybridized carbons (Fsp3) is 0.500. The molecule has 1 atom stereocenters. The number of benzene rings is 1. The first-order valence-electron chi connectivity index (χ1n) is 7.21. The van der Waals surface area contributed by atoms with E-state index in [2.05, 4.69) is 10.6 Å². The highest BCUT2D eigenvalue weighted by atomic mass is 16.4. The average Bonchev–Trinajstić information content (AvgIpc) is 2.44. The highest BCUT2D eigenvalue weighted by Crippen LogP contribution is 2.25. The maximum absolute atomic E-state index is 12.5. The van der Waals surface area contributed by atoms with Crippen LogP contribution in [0.4, 0.5) is 0 Å². The van der Waals surface area contributed by atoms with Crippen molar-refractivity contribution in [3.63, 3.8) is 0 Å². The van der Waals surface area contributed by atoms with Gasteiger partial charge >= 0.3 is 5.97 Å². The standard InChI is InChI=1S/C16H22N2O3/c1-16(2,8-7-14(19)20)18-15(21)13-10-17-9-11-5-3-4-6-12(11)13/h3-6,13,17H,7-10H2,1-2H3,(H,18,21)(H,19,20). The second-order valence-corrected chi connectivity index (χ2v) is 6.15. The molecule has 1 aliphatic heterocycles. The quantitative estimate of drug-likeness (QED) is 0.770. The number of aliphatic carboxylic acids is 1. The fourth-order valence-corrected chi connectivity index (χ4v) is 2.63. The van der Waals surface area contributed by atoms with Gasteiger partial charge in [0.1, 0.15) is 0 Å². The third-order valence-electron chi connectivity index (χ3n) is 3.84. The number of fused-ring (bicyclic) bond motifs is 1. The Morgan fingerprint density at radius 2 is 2.10 bits per heavy atom. The Bertz CT molecular complexity index is 540. The molecule has 1 aliphatic rings. The monoisotopic (exact) mass is 290 g/mol. The molecule has 0 fully saturated rings. The summed E-state index contributed by atoms with van der Waals surface area (Å²) >= 11 is 0. The van der Waals surface area contributed by atoms with Crippen molar-refractivity contribution < 1.29 is 14.7 Å². The molecule has 0 spiro atoms. The van der Waals surface area contributed by atoms with Crippen LogP contribution in [0.15, 0.2) is 24.3 Å². The van der Waals surface area contributed by atoms with Crippen LogP contribution in [0.5, 0.6) is 0 Å². The molecule has 0 saturated carbocycles. The molecule has 0 bridgehead atoms. The van der Waals surface area contributed by atoms with Crippen molar-refractivity contribution in [3.8, 4) is 0 Å². The van der Waals surface area contributed by atoms with E-state index >= 15 is 0 Å². The summed E-state index contributed by atoms with van der Waals surface area (Å²) in [5.74, 6) is -1.12. The molecule has 1 aromatic rings. The normalized spacial score (nSPS) is 17.9. The van der Waals surface area contributed by atoms with Gasteiger partial charge in [-0.1, -0.05) is 24.3 Å². The van der Waals surface area contributed by atoms with Crippen LogP contribution in [0.3, 0.4) is 0 Å². The van der Waals surface area contributed by atoms with Crippen LogP contribution in [-0.4, -0.2) is 29.1 Å². The lowest BCUT2D eigenvalue weighted by atomic mass is 9.89. The molecule has 3 N–H and O–H groups in total. The summed E-state index contributed by atoms with van der Waals surface area (Å²) in [7, 11) is 0. The van der Waals surface area contributed by atoms with Crippen molar-refractivity contribution in [2.75, 3.05) is 6.54 Å². The third kappa shape index (κ3) is 4.04. The van der Waals surface area contributed by atoms with Gasteiger partial charge in [0.05, 0.1) is 5.92 Å². The van der Waals surface area contributed by atoms with E-state index in [-0.39, 0.29) is 18.2 Å². The average molecular weight is 290 g/mol. The van der Waals surface area contributed by atoms with Gasteiger partial charge in [-0.25, -0.2) is 0 Å². The van der Waals surface area contributed by atoms with E-state index in [9.17, 15) is 9.59 Å². The van der Waals surface area contributed by atoms with Gasteiger partial charge in [-0.2, -0.15) is 0 Å². The number of rotatable bonds is 5. The number of carbonyl (C=O) groups is 2. The van der Waals surface area contributed by atoms with E-state index in [1.165, 1.54) is 0 Å². The van der Waals surface area contributed by atoms with Gasteiger partial charge in [-0.3, -0.25) is 9.59 Å². The molecule has 2 rings (SSSR count). The van der Waals surface area contributed by atoms with Crippen molar-refractivity contribution in [2.24, 2.45) is 0 Å². The highest BCUT2D eigenvalue weighted by Gasteiger charge is 2.30. The Morgan fingerprint density at radius 1 is 1.38 bits per heavy atom. The first kappa shape index (κ1) is 15.5. The van der Waals surface area contributed by atoms with Crippen LogP contribution in [0, 0.1) is 0 Å². The van der Waals surface area contributed by atoms with Gasteiger partial charge in [-0.15, -0.1) is 0 Å². The zero-order chi connectivity index (χ0) is 15.5.